The van der Waals surface area contributed by atoms with E-state index >= 15 is 0 Å². The highest BCUT2D eigenvalue weighted by Gasteiger charge is 2.46. The molecule has 7 nitrogen and oxygen atoms in total. The Labute approximate surface area is 108 Å². The van der Waals surface area contributed by atoms with Crippen LogP contribution in [0, 0.1) is 0 Å². The maximum Gasteiger partial charge on any atom is 0.325 e. The zero-order valence-electron chi connectivity index (χ0n) is 10.9. The Morgan fingerprint density at radius 1 is 1.50 bits per heavy atom. The lowest BCUT2D eigenvalue weighted by Crippen LogP contribution is -2.39. The SMILES string of the molecule is B[C@@H]1O[C@H](COC)C(OP(C)(=O)O)[C@@H]1OCCN. The van der Waals surface area contributed by atoms with E-state index in [-0.39, 0.29) is 12.6 Å². The van der Waals surface area contributed by atoms with Crippen LogP contribution in [0.25, 0.3) is 0 Å². The van der Waals surface area contributed by atoms with Crippen molar-refractivity contribution in [2.24, 2.45) is 5.73 Å². The van der Waals surface area contributed by atoms with Crippen LogP contribution in [0.2, 0.25) is 0 Å². The van der Waals surface area contributed by atoms with Gasteiger partial charge in [0.15, 0.2) is 0 Å². The molecule has 1 aliphatic heterocycles. The normalized spacial score (nSPS) is 35.6. The van der Waals surface area contributed by atoms with E-state index in [2.05, 4.69) is 0 Å². The monoisotopic (exact) mass is 281 g/mol. The zero-order chi connectivity index (χ0) is 13.8. The highest BCUT2D eigenvalue weighted by Crippen LogP contribution is 2.42. The van der Waals surface area contributed by atoms with Crippen LogP contribution in [0.3, 0.4) is 0 Å². The lowest BCUT2D eigenvalue weighted by molar-refractivity contribution is -0.0227. The maximum absolute atomic E-state index is 11.4. The second-order valence-corrected chi connectivity index (χ2v) is 6.15. The van der Waals surface area contributed by atoms with Gasteiger partial charge in [-0.15, -0.1) is 0 Å². The van der Waals surface area contributed by atoms with Gasteiger partial charge < -0.3 is 24.8 Å². The Morgan fingerprint density at radius 3 is 2.67 bits per heavy atom. The molecule has 0 spiro atoms. The molecule has 0 saturated carbocycles. The first-order valence-electron chi connectivity index (χ1n) is 5.83. The summed E-state index contributed by atoms with van der Waals surface area (Å²) < 4.78 is 32.8. The Hall–Kier alpha value is 0.0549. The van der Waals surface area contributed by atoms with Gasteiger partial charge in [-0.2, -0.15) is 0 Å². The molecule has 0 aromatic heterocycles. The second-order valence-electron chi connectivity index (χ2n) is 4.33. The summed E-state index contributed by atoms with van der Waals surface area (Å²) in [5.41, 5.74) is 5.38. The molecular weight excluding hydrogens is 260 g/mol. The van der Waals surface area contributed by atoms with Gasteiger partial charge in [0.1, 0.15) is 26.2 Å². The summed E-state index contributed by atoms with van der Waals surface area (Å²) in [6, 6.07) is -0.242. The van der Waals surface area contributed by atoms with Gasteiger partial charge >= 0.3 is 7.60 Å². The van der Waals surface area contributed by atoms with Crippen LogP contribution in [0.1, 0.15) is 0 Å². The smallest absolute Gasteiger partial charge is 0.325 e. The Kier molecular flexibility index (Phi) is 6.27. The third kappa shape index (κ3) is 4.62. The van der Waals surface area contributed by atoms with Crippen molar-refractivity contribution in [3.05, 3.63) is 0 Å². The van der Waals surface area contributed by atoms with Gasteiger partial charge in [-0.25, -0.2) is 0 Å². The standard InChI is InChI=1S/C9H21BNO6P/c1-14-5-6-7(17-18(2,12)13)8(9(10)16-6)15-4-3-11/h6-9H,3-5,10-11H2,1-2H3,(H,12,13)/t6-,7?,8+,9-/m1/s1. The summed E-state index contributed by atoms with van der Waals surface area (Å²) >= 11 is 0. The van der Waals surface area contributed by atoms with Crippen LogP contribution in [0.5, 0.6) is 0 Å². The van der Waals surface area contributed by atoms with Crippen molar-refractivity contribution in [2.75, 3.05) is 33.5 Å². The maximum atomic E-state index is 11.4. The Balaban J connectivity index is 2.74. The minimum absolute atomic E-state index is 0.242. The van der Waals surface area contributed by atoms with E-state index in [1.807, 2.05) is 7.85 Å². The van der Waals surface area contributed by atoms with Crippen LogP contribution in [0.4, 0.5) is 0 Å². The molecule has 9 heteroatoms. The van der Waals surface area contributed by atoms with E-state index in [0.717, 1.165) is 6.66 Å². The molecule has 1 heterocycles. The summed E-state index contributed by atoms with van der Waals surface area (Å²) in [6.07, 6.45) is -1.48. The predicted molar refractivity (Wildman–Crippen MR) is 68.5 cm³/mol. The van der Waals surface area contributed by atoms with E-state index in [0.29, 0.717) is 13.2 Å². The molecule has 1 rings (SSSR count). The number of methoxy groups -OCH3 is 1. The first-order chi connectivity index (χ1) is 8.39. The molecule has 0 aliphatic carbocycles. The number of nitrogens with two attached hydrogens (primary N) is 1. The first kappa shape index (κ1) is 16.1. The summed E-state index contributed by atoms with van der Waals surface area (Å²) in [7, 11) is -0.263. The fourth-order valence-electron chi connectivity index (χ4n) is 2.00. The lowest BCUT2D eigenvalue weighted by Gasteiger charge is -2.24. The third-order valence-corrected chi connectivity index (χ3v) is 3.25. The molecule has 0 aromatic rings. The molecule has 2 unspecified atom stereocenters. The van der Waals surface area contributed by atoms with Gasteiger partial charge in [0.2, 0.25) is 0 Å². The van der Waals surface area contributed by atoms with E-state index in [1.165, 1.54) is 7.11 Å². The largest absolute Gasteiger partial charge is 0.382 e. The average molecular weight is 281 g/mol. The fourth-order valence-corrected chi connectivity index (χ4v) is 2.70. The molecule has 106 valence electrons. The molecule has 18 heavy (non-hydrogen) atoms. The molecular formula is C9H21BNO6P. The van der Waals surface area contributed by atoms with Crippen LogP contribution < -0.4 is 5.73 Å². The van der Waals surface area contributed by atoms with E-state index in [1.54, 1.807) is 0 Å². The van der Waals surface area contributed by atoms with Gasteiger partial charge in [-0.1, -0.05) is 0 Å². The molecule has 1 fully saturated rings. The Bertz CT molecular complexity index is 301. The fraction of sp³-hybridized carbons (Fsp3) is 1.00. The summed E-state index contributed by atoms with van der Waals surface area (Å²) in [5, 5.41) is 0. The summed E-state index contributed by atoms with van der Waals surface area (Å²) in [4.78, 5) is 9.35. The number of rotatable bonds is 7. The lowest BCUT2D eigenvalue weighted by atomic mass is 9.93. The summed E-state index contributed by atoms with van der Waals surface area (Å²) in [5.74, 6) is 0. The number of hydrogen-bond donors (Lipinski definition) is 2. The molecule has 0 radical (unpaired) electrons. The van der Waals surface area contributed by atoms with Crippen LogP contribution in [0.15, 0.2) is 0 Å². The van der Waals surface area contributed by atoms with Gasteiger partial charge in [0.25, 0.3) is 0 Å². The summed E-state index contributed by atoms with van der Waals surface area (Å²) in [6.45, 7) is 2.13. The molecule has 3 N–H and O–H groups in total. The van der Waals surface area contributed by atoms with Crippen molar-refractivity contribution in [2.45, 2.75) is 24.3 Å². The molecule has 0 amide bonds. The van der Waals surface area contributed by atoms with Crippen molar-refractivity contribution in [3.63, 3.8) is 0 Å². The minimum Gasteiger partial charge on any atom is -0.382 e. The van der Waals surface area contributed by atoms with Gasteiger partial charge in [0, 0.05) is 20.3 Å². The van der Waals surface area contributed by atoms with Crippen molar-refractivity contribution in [3.8, 4) is 0 Å². The second kappa shape index (κ2) is 7.00. The quantitative estimate of drug-likeness (QED) is 0.434. The molecule has 0 bridgehead atoms. The molecule has 5 atom stereocenters. The number of hydrogen-bond acceptors (Lipinski definition) is 6. The molecule has 1 aliphatic rings. The predicted octanol–water partition coefficient (Wildman–Crippen LogP) is -1.46. The van der Waals surface area contributed by atoms with Crippen molar-refractivity contribution in [1.82, 2.24) is 0 Å². The zero-order valence-corrected chi connectivity index (χ0v) is 11.8. The van der Waals surface area contributed by atoms with Crippen LogP contribution >= 0.6 is 7.60 Å². The highest BCUT2D eigenvalue weighted by molar-refractivity contribution is 7.51. The van der Waals surface area contributed by atoms with Crippen molar-refractivity contribution < 1.29 is 28.2 Å². The van der Waals surface area contributed by atoms with Gasteiger partial charge in [0.05, 0.1) is 19.2 Å². The van der Waals surface area contributed by atoms with Crippen molar-refractivity contribution in [1.29, 1.82) is 0 Å². The molecule has 1 saturated heterocycles. The van der Waals surface area contributed by atoms with Crippen LogP contribution in [-0.4, -0.2) is 70.6 Å². The van der Waals surface area contributed by atoms with E-state index in [4.69, 9.17) is 24.5 Å². The Morgan fingerprint density at radius 2 is 2.17 bits per heavy atom. The van der Waals surface area contributed by atoms with E-state index < -0.39 is 25.9 Å². The number of ether oxygens (including phenoxy) is 3. The highest BCUT2D eigenvalue weighted by atomic mass is 31.2. The van der Waals surface area contributed by atoms with E-state index in [9.17, 15) is 9.46 Å². The van der Waals surface area contributed by atoms with Gasteiger partial charge in [-0.05, 0) is 0 Å². The molecule has 0 aromatic carbocycles. The average Bonchev–Trinajstić information content (AvgIpc) is 2.51. The van der Waals surface area contributed by atoms with Crippen LogP contribution in [-0.2, 0) is 23.3 Å². The van der Waals surface area contributed by atoms with Crippen molar-refractivity contribution >= 4 is 15.4 Å². The topological polar surface area (TPSA) is 100 Å². The first-order valence-corrected chi connectivity index (χ1v) is 7.86. The third-order valence-electron chi connectivity index (χ3n) is 2.62. The van der Waals surface area contributed by atoms with Gasteiger partial charge in [-0.3, -0.25) is 9.09 Å². The minimum atomic E-state index is -3.62.